The predicted molar refractivity (Wildman–Crippen MR) is 76.0 cm³/mol. The molecule has 106 valence electrons. The molecule has 0 aliphatic heterocycles. The number of hydrogen-bond donors (Lipinski definition) is 1. The Bertz CT molecular complexity index is 280. The van der Waals surface area contributed by atoms with E-state index >= 15 is 0 Å². The average molecular weight is 260 g/mol. The lowest BCUT2D eigenvalue weighted by Gasteiger charge is -2.01. The highest BCUT2D eigenvalue weighted by atomic mass is 19.3. The van der Waals surface area contributed by atoms with Crippen molar-refractivity contribution in [3.63, 3.8) is 0 Å². The van der Waals surface area contributed by atoms with Gasteiger partial charge in [0.1, 0.15) is 5.69 Å². The van der Waals surface area contributed by atoms with Crippen molar-refractivity contribution in [1.29, 1.82) is 0 Å². The number of allylic oxidation sites excluding steroid dienone is 1. The SMILES string of the molecule is C=CC.CC.CN.Cc1cc(C)nc(C(F)F)c1. The van der Waals surface area contributed by atoms with E-state index in [2.05, 4.69) is 17.3 Å². The van der Waals surface area contributed by atoms with E-state index < -0.39 is 6.43 Å². The van der Waals surface area contributed by atoms with E-state index in [0.29, 0.717) is 5.69 Å². The van der Waals surface area contributed by atoms with E-state index in [1.54, 1.807) is 26.0 Å². The van der Waals surface area contributed by atoms with Gasteiger partial charge in [0.15, 0.2) is 0 Å². The Morgan fingerprint density at radius 3 is 1.89 bits per heavy atom. The lowest BCUT2D eigenvalue weighted by Crippen LogP contribution is -1.93. The van der Waals surface area contributed by atoms with E-state index in [0.717, 1.165) is 5.56 Å². The Kier molecular flexibility index (Phi) is 19.1. The van der Waals surface area contributed by atoms with Crippen LogP contribution in [0.3, 0.4) is 0 Å². The van der Waals surface area contributed by atoms with Crippen LogP contribution in [0.15, 0.2) is 24.8 Å². The van der Waals surface area contributed by atoms with Crippen molar-refractivity contribution in [3.8, 4) is 0 Å². The van der Waals surface area contributed by atoms with Crippen LogP contribution in [0.1, 0.15) is 44.1 Å². The monoisotopic (exact) mass is 260 g/mol. The zero-order chi connectivity index (χ0) is 15.1. The Hall–Kier alpha value is -1.29. The van der Waals surface area contributed by atoms with Gasteiger partial charge < -0.3 is 5.73 Å². The van der Waals surface area contributed by atoms with Gasteiger partial charge >= 0.3 is 0 Å². The van der Waals surface area contributed by atoms with Gasteiger partial charge in [-0.05, 0) is 45.5 Å². The molecule has 0 aromatic carbocycles. The molecular weight excluding hydrogens is 234 g/mol. The van der Waals surface area contributed by atoms with Gasteiger partial charge in [-0.2, -0.15) is 0 Å². The zero-order valence-electron chi connectivity index (χ0n) is 12.3. The molecule has 1 aromatic rings. The predicted octanol–water partition coefficient (Wildman–Crippen LogP) is 4.43. The van der Waals surface area contributed by atoms with Gasteiger partial charge in [-0.3, -0.25) is 4.98 Å². The molecule has 1 heterocycles. The van der Waals surface area contributed by atoms with Crippen molar-refractivity contribution in [3.05, 3.63) is 41.7 Å². The maximum Gasteiger partial charge on any atom is 0.280 e. The summed E-state index contributed by atoms with van der Waals surface area (Å²) < 4.78 is 24.1. The van der Waals surface area contributed by atoms with Crippen molar-refractivity contribution >= 4 is 0 Å². The van der Waals surface area contributed by atoms with Crippen LogP contribution in [-0.4, -0.2) is 12.0 Å². The molecular formula is C14H26F2N2. The third-order valence-electron chi connectivity index (χ3n) is 1.34. The summed E-state index contributed by atoms with van der Waals surface area (Å²) in [4.78, 5) is 3.68. The second-order valence-corrected chi connectivity index (χ2v) is 2.92. The quantitative estimate of drug-likeness (QED) is 0.759. The number of rotatable bonds is 1. The minimum absolute atomic E-state index is 0.137. The summed E-state index contributed by atoms with van der Waals surface area (Å²) >= 11 is 0. The Morgan fingerprint density at radius 1 is 1.22 bits per heavy atom. The molecule has 0 spiro atoms. The second kappa shape index (κ2) is 15.7. The number of aromatic nitrogens is 1. The topological polar surface area (TPSA) is 38.9 Å². The average Bonchev–Trinajstić information content (AvgIpc) is 2.34. The van der Waals surface area contributed by atoms with Gasteiger partial charge in [-0.15, -0.1) is 6.58 Å². The summed E-state index contributed by atoms with van der Waals surface area (Å²) in [6.45, 7) is 12.7. The van der Waals surface area contributed by atoms with Crippen molar-refractivity contribution in [2.75, 3.05) is 7.05 Å². The Balaban J connectivity index is -0.000000274. The van der Waals surface area contributed by atoms with Crippen LogP contribution in [0.25, 0.3) is 0 Å². The lowest BCUT2D eigenvalue weighted by molar-refractivity contribution is 0.146. The number of alkyl halides is 2. The molecule has 1 rings (SSSR count). The minimum atomic E-state index is -2.46. The van der Waals surface area contributed by atoms with Gasteiger partial charge in [0.25, 0.3) is 6.43 Å². The minimum Gasteiger partial charge on any atom is -0.333 e. The third-order valence-corrected chi connectivity index (χ3v) is 1.34. The van der Waals surface area contributed by atoms with Crippen LogP contribution >= 0.6 is 0 Å². The first-order valence-electron chi connectivity index (χ1n) is 5.89. The van der Waals surface area contributed by atoms with Crippen molar-refractivity contribution < 1.29 is 8.78 Å². The molecule has 0 amide bonds. The summed E-state index contributed by atoms with van der Waals surface area (Å²) in [5, 5.41) is 0. The Morgan fingerprint density at radius 2 is 1.61 bits per heavy atom. The molecule has 0 radical (unpaired) electrons. The highest BCUT2D eigenvalue weighted by molar-refractivity contribution is 5.19. The second-order valence-electron chi connectivity index (χ2n) is 2.92. The van der Waals surface area contributed by atoms with E-state index in [1.807, 2.05) is 20.8 Å². The van der Waals surface area contributed by atoms with E-state index in [-0.39, 0.29) is 5.69 Å². The van der Waals surface area contributed by atoms with Gasteiger partial charge in [-0.1, -0.05) is 19.9 Å². The molecule has 0 saturated heterocycles. The first kappa shape index (κ1) is 21.9. The first-order chi connectivity index (χ1) is 8.51. The van der Waals surface area contributed by atoms with Crippen molar-refractivity contribution in [2.24, 2.45) is 5.73 Å². The number of halogens is 2. The molecule has 2 N–H and O–H groups in total. The fraction of sp³-hybridized carbons (Fsp3) is 0.500. The van der Waals surface area contributed by atoms with Crippen LogP contribution in [0, 0.1) is 13.8 Å². The van der Waals surface area contributed by atoms with Crippen LogP contribution < -0.4 is 5.73 Å². The molecule has 0 unspecified atom stereocenters. The maximum atomic E-state index is 12.1. The fourth-order valence-electron chi connectivity index (χ4n) is 0.984. The van der Waals surface area contributed by atoms with Crippen LogP contribution in [0.4, 0.5) is 8.78 Å². The van der Waals surface area contributed by atoms with Crippen LogP contribution in [0.5, 0.6) is 0 Å². The molecule has 0 aliphatic carbocycles. The van der Waals surface area contributed by atoms with Crippen LogP contribution in [-0.2, 0) is 0 Å². The summed E-state index contributed by atoms with van der Waals surface area (Å²) in [6, 6.07) is 3.17. The van der Waals surface area contributed by atoms with E-state index in [4.69, 9.17) is 0 Å². The van der Waals surface area contributed by atoms with Crippen molar-refractivity contribution in [2.45, 2.75) is 41.0 Å². The van der Waals surface area contributed by atoms with Crippen LogP contribution in [0.2, 0.25) is 0 Å². The molecule has 0 atom stereocenters. The molecule has 0 bridgehead atoms. The highest BCUT2D eigenvalue weighted by Gasteiger charge is 2.08. The molecule has 18 heavy (non-hydrogen) atoms. The lowest BCUT2D eigenvalue weighted by atomic mass is 10.2. The van der Waals surface area contributed by atoms with Gasteiger partial charge in [0.05, 0.1) is 0 Å². The number of aryl methyl sites for hydroxylation is 2. The molecule has 2 nitrogen and oxygen atoms in total. The Labute approximate surface area is 110 Å². The summed E-state index contributed by atoms with van der Waals surface area (Å²) in [6.07, 6.45) is -0.714. The number of nitrogens with two attached hydrogens (primary N) is 1. The molecule has 0 aliphatic rings. The summed E-state index contributed by atoms with van der Waals surface area (Å²) in [5.41, 5.74) is 5.83. The van der Waals surface area contributed by atoms with Gasteiger partial charge in [-0.25, -0.2) is 8.78 Å². The van der Waals surface area contributed by atoms with Gasteiger partial charge in [0.2, 0.25) is 0 Å². The largest absolute Gasteiger partial charge is 0.333 e. The molecule has 0 fully saturated rings. The fourth-order valence-corrected chi connectivity index (χ4v) is 0.984. The standard InChI is InChI=1S/C8H9F2N.C3H6.C2H6.CH5N/c1-5-3-6(2)11-7(4-5)8(9)10;1-3-2;2*1-2/h3-4,8H,1-2H3;3H,1H2,2H3;1-2H3;2H2,1H3. The zero-order valence-corrected chi connectivity index (χ0v) is 12.3. The van der Waals surface area contributed by atoms with Crippen molar-refractivity contribution in [1.82, 2.24) is 4.98 Å². The number of pyridine rings is 1. The number of nitrogens with zero attached hydrogens (tertiary/aromatic N) is 1. The molecule has 0 saturated carbocycles. The first-order valence-corrected chi connectivity index (χ1v) is 5.89. The third kappa shape index (κ3) is 12.8. The molecule has 1 aromatic heterocycles. The van der Waals surface area contributed by atoms with E-state index in [1.165, 1.54) is 13.1 Å². The van der Waals surface area contributed by atoms with E-state index in [9.17, 15) is 8.78 Å². The number of hydrogen-bond acceptors (Lipinski definition) is 2. The van der Waals surface area contributed by atoms with Gasteiger partial charge in [0, 0.05) is 5.69 Å². The maximum absolute atomic E-state index is 12.1. The highest BCUT2D eigenvalue weighted by Crippen LogP contribution is 2.17. The summed E-state index contributed by atoms with van der Waals surface area (Å²) in [5.74, 6) is 0. The summed E-state index contributed by atoms with van der Waals surface area (Å²) in [7, 11) is 1.50. The normalized spacial score (nSPS) is 7.89. The molecule has 4 heteroatoms. The smallest absolute Gasteiger partial charge is 0.280 e.